The van der Waals surface area contributed by atoms with Gasteiger partial charge in [0.1, 0.15) is 6.67 Å². The number of piperidine rings is 2. The topological polar surface area (TPSA) is 48.5 Å². The van der Waals surface area contributed by atoms with Gasteiger partial charge in [-0.3, -0.25) is 19.6 Å². The Balaban J connectivity index is 1.45. The number of alkyl halides is 1. The van der Waals surface area contributed by atoms with E-state index in [2.05, 4.69) is 26.2 Å². The maximum Gasteiger partial charge on any atom is 0.224 e. The Morgan fingerprint density at radius 1 is 1.28 bits per heavy atom. The van der Waals surface area contributed by atoms with Gasteiger partial charge in [0.25, 0.3) is 0 Å². The molecule has 0 aromatic carbocycles. The third kappa shape index (κ3) is 5.22. The van der Waals surface area contributed by atoms with Crippen LogP contribution in [0.3, 0.4) is 0 Å². The Morgan fingerprint density at radius 2 is 2.12 bits per heavy atom. The van der Waals surface area contributed by atoms with Gasteiger partial charge in [0.15, 0.2) is 0 Å². The Labute approximate surface area is 149 Å². The summed E-state index contributed by atoms with van der Waals surface area (Å²) in [4.78, 5) is 21.3. The molecule has 2 fully saturated rings. The van der Waals surface area contributed by atoms with E-state index in [-0.39, 0.29) is 18.4 Å². The molecule has 3 rings (SSSR count). The predicted molar refractivity (Wildman–Crippen MR) is 95.8 cm³/mol. The lowest BCUT2D eigenvalue weighted by molar-refractivity contribution is -0.127. The maximum atomic E-state index is 12.2. The second kappa shape index (κ2) is 9.25. The van der Waals surface area contributed by atoms with Crippen LogP contribution in [-0.4, -0.2) is 66.1 Å². The number of aromatic nitrogens is 1. The number of hydrogen-bond donors (Lipinski definition) is 1. The molecule has 6 heteroatoms. The molecule has 3 heterocycles. The summed E-state index contributed by atoms with van der Waals surface area (Å²) in [5.41, 5.74) is 1.27. The predicted octanol–water partition coefficient (Wildman–Crippen LogP) is 1.84. The van der Waals surface area contributed by atoms with Gasteiger partial charge in [0.05, 0.1) is 5.92 Å². The lowest BCUT2D eigenvalue weighted by atomic mass is 9.93. The van der Waals surface area contributed by atoms with Gasteiger partial charge < -0.3 is 5.32 Å². The highest BCUT2D eigenvalue weighted by atomic mass is 19.1. The van der Waals surface area contributed by atoms with Gasteiger partial charge in [-0.1, -0.05) is 6.07 Å². The van der Waals surface area contributed by atoms with Crippen molar-refractivity contribution >= 4 is 5.91 Å². The molecule has 0 spiro atoms. The standard InChI is InChI=1S/C19H29FN4O/c20-7-9-22-19(25)17-4-2-10-24(15-17)18-5-11-23(12-6-18)14-16-3-1-8-21-13-16/h1,3,8,13,17-18H,2,4-7,9-12,14-15H2,(H,22,25)/t17-/m1/s1. The first-order valence-electron chi connectivity index (χ1n) is 9.45. The van der Waals surface area contributed by atoms with E-state index in [0.29, 0.717) is 6.04 Å². The molecule has 0 unspecified atom stereocenters. The molecule has 1 aromatic rings. The molecule has 0 saturated carbocycles. The fraction of sp³-hybridized carbons (Fsp3) is 0.684. The third-order valence-electron chi connectivity index (χ3n) is 5.42. The van der Waals surface area contributed by atoms with Gasteiger partial charge >= 0.3 is 0 Å². The summed E-state index contributed by atoms with van der Waals surface area (Å²) >= 11 is 0. The minimum Gasteiger partial charge on any atom is -0.353 e. The molecular formula is C19H29FN4O. The molecule has 25 heavy (non-hydrogen) atoms. The van der Waals surface area contributed by atoms with Crippen molar-refractivity contribution in [3.8, 4) is 0 Å². The fourth-order valence-electron chi connectivity index (χ4n) is 4.06. The molecule has 0 radical (unpaired) electrons. The largest absolute Gasteiger partial charge is 0.353 e. The van der Waals surface area contributed by atoms with Crippen LogP contribution in [0, 0.1) is 5.92 Å². The smallest absolute Gasteiger partial charge is 0.224 e. The van der Waals surface area contributed by atoms with Crippen LogP contribution in [0.1, 0.15) is 31.2 Å². The van der Waals surface area contributed by atoms with Crippen molar-refractivity contribution in [2.45, 2.75) is 38.3 Å². The molecule has 2 aliphatic heterocycles. The van der Waals surface area contributed by atoms with Gasteiger partial charge in [0.2, 0.25) is 5.91 Å². The molecule has 0 bridgehead atoms. The minimum absolute atomic E-state index is 0.0220. The van der Waals surface area contributed by atoms with Crippen molar-refractivity contribution in [2.75, 3.05) is 39.4 Å². The van der Waals surface area contributed by atoms with Gasteiger partial charge in [-0.25, -0.2) is 4.39 Å². The molecule has 1 N–H and O–H groups in total. The van der Waals surface area contributed by atoms with Crippen LogP contribution in [0.5, 0.6) is 0 Å². The second-order valence-electron chi connectivity index (χ2n) is 7.18. The SMILES string of the molecule is O=C(NCCF)[C@@H]1CCCN(C2CCN(Cc3cccnc3)CC2)C1. The van der Waals surface area contributed by atoms with Crippen LogP contribution in [0.2, 0.25) is 0 Å². The number of nitrogens with zero attached hydrogens (tertiary/aromatic N) is 3. The fourth-order valence-corrected chi connectivity index (χ4v) is 4.06. The molecule has 1 aromatic heterocycles. The van der Waals surface area contributed by atoms with Crippen molar-refractivity contribution in [2.24, 2.45) is 5.92 Å². The number of amides is 1. The zero-order valence-corrected chi connectivity index (χ0v) is 14.9. The highest BCUT2D eigenvalue weighted by Gasteiger charge is 2.31. The number of hydrogen-bond acceptors (Lipinski definition) is 4. The normalized spacial score (nSPS) is 23.5. The van der Waals surface area contributed by atoms with Crippen molar-refractivity contribution in [1.29, 1.82) is 0 Å². The van der Waals surface area contributed by atoms with E-state index in [1.807, 2.05) is 18.5 Å². The summed E-state index contributed by atoms with van der Waals surface area (Å²) in [7, 11) is 0. The van der Waals surface area contributed by atoms with E-state index in [1.165, 1.54) is 5.56 Å². The molecule has 2 aliphatic rings. The minimum atomic E-state index is -0.489. The Morgan fingerprint density at radius 3 is 2.84 bits per heavy atom. The molecule has 5 nitrogen and oxygen atoms in total. The number of carbonyl (C=O) groups excluding carboxylic acids is 1. The quantitative estimate of drug-likeness (QED) is 0.852. The van der Waals surface area contributed by atoms with Crippen molar-refractivity contribution in [3.63, 3.8) is 0 Å². The first-order valence-corrected chi connectivity index (χ1v) is 9.45. The number of likely N-dealkylation sites (tertiary alicyclic amines) is 2. The number of pyridine rings is 1. The summed E-state index contributed by atoms with van der Waals surface area (Å²) in [5.74, 6) is 0.0464. The highest BCUT2D eigenvalue weighted by Crippen LogP contribution is 2.24. The second-order valence-corrected chi connectivity index (χ2v) is 7.18. The summed E-state index contributed by atoms with van der Waals surface area (Å²) in [6, 6.07) is 4.69. The van der Waals surface area contributed by atoms with Crippen LogP contribution in [0.4, 0.5) is 4.39 Å². The molecule has 138 valence electrons. The van der Waals surface area contributed by atoms with Crippen molar-refractivity contribution in [3.05, 3.63) is 30.1 Å². The maximum absolute atomic E-state index is 12.2. The zero-order valence-electron chi connectivity index (χ0n) is 14.9. The Hall–Kier alpha value is -1.53. The lowest BCUT2D eigenvalue weighted by Gasteiger charge is -2.42. The number of halogens is 1. The summed E-state index contributed by atoms with van der Waals surface area (Å²) in [6.07, 6.45) is 8.04. The third-order valence-corrected chi connectivity index (χ3v) is 5.42. The van der Waals surface area contributed by atoms with Crippen molar-refractivity contribution < 1.29 is 9.18 Å². The first kappa shape index (κ1) is 18.3. The molecule has 1 atom stereocenters. The Kier molecular flexibility index (Phi) is 6.76. The summed E-state index contributed by atoms with van der Waals surface area (Å²) in [5, 5.41) is 2.71. The van der Waals surface area contributed by atoms with Crippen LogP contribution in [0.15, 0.2) is 24.5 Å². The van der Waals surface area contributed by atoms with E-state index >= 15 is 0 Å². The number of rotatable bonds is 6. The van der Waals surface area contributed by atoms with E-state index < -0.39 is 6.67 Å². The van der Waals surface area contributed by atoms with Gasteiger partial charge in [-0.2, -0.15) is 0 Å². The van der Waals surface area contributed by atoms with Crippen LogP contribution < -0.4 is 5.32 Å². The van der Waals surface area contributed by atoms with Crippen molar-refractivity contribution in [1.82, 2.24) is 20.1 Å². The molecule has 2 saturated heterocycles. The number of carbonyl (C=O) groups is 1. The van der Waals surface area contributed by atoms with Crippen LogP contribution in [0.25, 0.3) is 0 Å². The van der Waals surface area contributed by atoms with Crippen LogP contribution in [-0.2, 0) is 11.3 Å². The first-order chi connectivity index (χ1) is 12.3. The highest BCUT2D eigenvalue weighted by molar-refractivity contribution is 5.78. The van der Waals surface area contributed by atoms with E-state index in [9.17, 15) is 9.18 Å². The lowest BCUT2D eigenvalue weighted by Crippen LogP contribution is -2.50. The Bertz CT molecular complexity index is 533. The van der Waals surface area contributed by atoms with Gasteiger partial charge in [-0.05, 0) is 56.9 Å². The van der Waals surface area contributed by atoms with Crippen LogP contribution >= 0.6 is 0 Å². The van der Waals surface area contributed by atoms with E-state index in [4.69, 9.17) is 0 Å². The molecule has 1 amide bonds. The summed E-state index contributed by atoms with van der Waals surface area (Å²) in [6.45, 7) is 4.71. The number of nitrogens with one attached hydrogen (secondary N) is 1. The molecular weight excluding hydrogens is 319 g/mol. The average molecular weight is 348 g/mol. The van der Waals surface area contributed by atoms with Gasteiger partial charge in [0, 0.05) is 38.1 Å². The average Bonchev–Trinajstić information content (AvgIpc) is 2.67. The van der Waals surface area contributed by atoms with Gasteiger partial charge in [-0.15, -0.1) is 0 Å². The zero-order chi connectivity index (χ0) is 17.5. The molecule has 0 aliphatic carbocycles. The van der Waals surface area contributed by atoms with E-state index in [0.717, 1.165) is 58.4 Å². The summed E-state index contributed by atoms with van der Waals surface area (Å²) < 4.78 is 12.2. The van der Waals surface area contributed by atoms with E-state index in [1.54, 1.807) is 0 Å². The monoisotopic (exact) mass is 348 g/mol.